The average Bonchev–Trinajstić information content (AvgIpc) is 2.73. The molecule has 1 unspecified atom stereocenters. The first-order valence-electron chi connectivity index (χ1n) is 10.3. The van der Waals surface area contributed by atoms with Crippen LogP contribution < -0.4 is 10.1 Å². The molecule has 0 aromatic heterocycles. The zero-order chi connectivity index (χ0) is 21.5. The monoisotopic (exact) mass is 412 g/mol. The molecule has 1 saturated heterocycles. The third-order valence-corrected chi connectivity index (χ3v) is 5.05. The molecule has 2 amide bonds. The van der Waals surface area contributed by atoms with E-state index in [0.717, 1.165) is 17.2 Å². The number of nitrogens with one attached hydrogen (secondary N) is 1. The molecule has 3 rings (SSSR count). The number of esters is 1. The third-order valence-electron chi connectivity index (χ3n) is 5.05. The highest BCUT2D eigenvalue weighted by Crippen LogP contribution is 2.21. The van der Waals surface area contributed by atoms with Crippen molar-refractivity contribution >= 4 is 28.6 Å². The molecule has 2 aromatic rings. The Hall–Kier alpha value is -3.09. The molecule has 0 bridgehead atoms. The molecule has 2 aromatic carbocycles. The van der Waals surface area contributed by atoms with Crippen molar-refractivity contribution in [2.24, 2.45) is 5.92 Å². The van der Waals surface area contributed by atoms with E-state index in [1.54, 1.807) is 0 Å². The van der Waals surface area contributed by atoms with Gasteiger partial charge >= 0.3 is 5.97 Å². The normalized spacial score (nSPS) is 16.4. The zero-order valence-corrected chi connectivity index (χ0v) is 17.4. The predicted molar refractivity (Wildman–Crippen MR) is 113 cm³/mol. The van der Waals surface area contributed by atoms with E-state index in [0.29, 0.717) is 31.4 Å². The lowest BCUT2D eigenvalue weighted by atomic mass is 10.1. The van der Waals surface area contributed by atoms with Crippen molar-refractivity contribution in [3.05, 3.63) is 42.5 Å². The maximum Gasteiger partial charge on any atom is 0.308 e. The van der Waals surface area contributed by atoms with Gasteiger partial charge in [-0.3, -0.25) is 14.4 Å². The Balaban J connectivity index is 1.58. The number of rotatable bonds is 8. The van der Waals surface area contributed by atoms with Crippen LogP contribution in [0.25, 0.3) is 10.8 Å². The summed E-state index contributed by atoms with van der Waals surface area (Å²) in [5.74, 6) is -0.167. The van der Waals surface area contributed by atoms with E-state index in [1.165, 1.54) is 4.90 Å². The lowest BCUT2D eigenvalue weighted by molar-refractivity contribution is -0.152. The van der Waals surface area contributed by atoms with Gasteiger partial charge in [-0.1, -0.05) is 44.2 Å². The van der Waals surface area contributed by atoms with Crippen molar-refractivity contribution in [2.75, 3.05) is 26.3 Å². The van der Waals surface area contributed by atoms with Crippen molar-refractivity contribution in [3.63, 3.8) is 0 Å². The molecule has 0 spiro atoms. The highest BCUT2D eigenvalue weighted by atomic mass is 16.5. The number of amides is 2. The molecule has 160 valence electrons. The van der Waals surface area contributed by atoms with Crippen LogP contribution >= 0.6 is 0 Å². The summed E-state index contributed by atoms with van der Waals surface area (Å²) in [6, 6.07) is 12.6. The predicted octanol–water partition coefficient (Wildman–Crippen LogP) is 2.53. The molecule has 1 fully saturated rings. The molecule has 7 nitrogen and oxygen atoms in total. The number of benzene rings is 2. The number of hydrogen-bond donors (Lipinski definition) is 1. The zero-order valence-electron chi connectivity index (χ0n) is 17.4. The summed E-state index contributed by atoms with van der Waals surface area (Å²) >= 11 is 0. The molecule has 0 aliphatic carbocycles. The highest BCUT2D eigenvalue weighted by molar-refractivity contribution is 5.92. The van der Waals surface area contributed by atoms with Crippen LogP contribution in [0.15, 0.2) is 42.5 Å². The summed E-state index contributed by atoms with van der Waals surface area (Å²) in [7, 11) is 0. The Morgan fingerprint density at radius 3 is 2.70 bits per heavy atom. The second-order valence-corrected chi connectivity index (χ2v) is 7.80. The molecule has 1 N–H and O–H groups in total. The van der Waals surface area contributed by atoms with Crippen molar-refractivity contribution in [2.45, 2.75) is 32.7 Å². The maximum absolute atomic E-state index is 12.7. The highest BCUT2D eigenvalue weighted by Gasteiger charge is 2.35. The first-order valence-corrected chi connectivity index (χ1v) is 10.3. The van der Waals surface area contributed by atoms with Gasteiger partial charge in [-0.25, -0.2) is 0 Å². The van der Waals surface area contributed by atoms with Crippen LogP contribution in [0.5, 0.6) is 5.75 Å². The van der Waals surface area contributed by atoms with E-state index < -0.39 is 12.0 Å². The Kier molecular flexibility index (Phi) is 7.27. The van der Waals surface area contributed by atoms with E-state index in [-0.39, 0.29) is 24.8 Å². The van der Waals surface area contributed by atoms with Gasteiger partial charge in [-0.2, -0.15) is 0 Å². The number of nitrogens with zero attached hydrogens (tertiary/aromatic N) is 1. The quantitative estimate of drug-likeness (QED) is 0.674. The minimum atomic E-state index is -0.877. The average molecular weight is 412 g/mol. The Morgan fingerprint density at radius 1 is 1.17 bits per heavy atom. The fourth-order valence-corrected chi connectivity index (χ4v) is 3.33. The number of hydrogen-bond acceptors (Lipinski definition) is 5. The van der Waals surface area contributed by atoms with Crippen molar-refractivity contribution in [3.8, 4) is 5.75 Å². The largest absolute Gasteiger partial charge is 0.484 e. The first kappa shape index (κ1) is 21.6. The van der Waals surface area contributed by atoms with Crippen LogP contribution in [0, 0.1) is 5.92 Å². The molecule has 0 radical (unpaired) electrons. The Morgan fingerprint density at radius 2 is 1.93 bits per heavy atom. The van der Waals surface area contributed by atoms with Crippen molar-refractivity contribution in [1.82, 2.24) is 10.2 Å². The summed E-state index contributed by atoms with van der Waals surface area (Å²) in [5.41, 5.74) is 0. The molecular weight excluding hydrogens is 384 g/mol. The third kappa shape index (κ3) is 5.72. The van der Waals surface area contributed by atoms with Crippen molar-refractivity contribution in [1.29, 1.82) is 0 Å². The van der Waals surface area contributed by atoms with E-state index in [1.807, 2.05) is 56.3 Å². The summed E-state index contributed by atoms with van der Waals surface area (Å²) in [6.07, 6.45) is 0.594. The first-order chi connectivity index (χ1) is 14.4. The lowest BCUT2D eigenvalue weighted by Gasteiger charge is -2.34. The molecule has 0 saturated carbocycles. The van der Waals surface area contributed by atoms with Crippen LogP contribution in [0.4, 0.5) is 0 Å². The number of carbonyl (C=O) groups excluding carboxylic acids is 3. The van der Waals surface area contributed by atoms with E-state index >= 15 is 0 Å². The van der Waals surface area contributed by atoms with Gasteiger partial charge in [-0.05, 0) is 35.2 Å². The van der Waals surface area contributed by atoms with Gasteiger partial charge in [0.25, 0.3) is 5.91 Å². The smallest absolute Gasteiger partial charge is 0.308 e. The minimum absolute atomic E-state index is 0.161. The molecule has 30 heavy (non-hydrogen) atoms. The minimum Gasteiger partial charge on any atom is -0.484 e. The molecule has 1 aliphatic heterocycles. The van der Waals surface area contributed by atoms with Crippen LogP contribution in [0.1, 0.15) is 26.7 Å². The van der Waals surface area contributed by atoms with E-state index in [4.69, 9.17) is 9.47 Å². The van der Waals surface area contributed by atoms with Gasteiger partial charge in [0.2, 0.25) is 5.91 Å². The van der Waals surface area contributed by atoms with Crippen LogP contribution in [-0.2, 0) is 19.1 Å². The van der Waals surface area contributed by atoms with Crippen LogP contribution in [0.2, 0.25) is 0 Å². The van der Waals surface area contributed by atoms with Gasteiger partial charge < -0.3 is 19.7 Å². The van der Waals surface area contributed by atoms with Gasteiger partial charge in [0, 0.05) is 13.1 Å². The van der Waals surface area contributed by atoms with Crippen molar-refractivity contribution < 1.29 is 23.9 Å². The summed E-state index contributed by atoms with van der Waals surface area (Å²) in [5, 5.41) is 4.81. The second-order valence-electron chi connectivity index (χ2n) is 7.80. The van der Waals surface area contributed by atoms with E-state index in [9.17, 15) is 14.4 Å². The SMILES string of the molecule is CC(C)CCOC(=O)CC1C(=O)NCCN1C(=O)COc1ccc2ccccc2c1. The Bertz CT molecular complexity index is 911. The fraction of sp³-hybridized carbons (Fsp3) is 0.435. The number of piperazine rings is 1. The Labute approximate surface area is 176 Å². The second kappa shape index (κ2) is 10.1. The molecule has 1 heterocycles. The fourth-order valence-electron chi connectivity index (χ4n) is 3.33. The summed E-state index contributed by atoms with van der Waals surface area (Å²) in [6.45, 7) is 4.86. The molecular formula is C23H28N2O5. The maximum atomic E-state index is 12.7. The van der Waals surface area contributed by atoms with Gasteiger partial charge in [0.1, 0.15) is 11.8 Å². The van der Waals surface area contributed by atoms with Gasteiger partial charge in [-0.15, -0.1) is 0 Å². The molecule has 7 heteroatoms. The topological polar surface area (TPSA) is 84.9 Å². The van der Waals surface area contributed by atoms with Crippen LogP contribution in [-0.4, -0.2) is 55.0 Å². The van der Waals surface area contributed by atoms with Crippen LogP contribution in [0.3, 0.4) is 0 Å². The molecule has 1 aliphatic rings. The standard InChI is InChI=1S/C23H28N2O5/c1-16(2)9-12-29-22(27)14-20-23(28)24-10-11-25(20)21(26)15-30-19-8-7-17-5-3-4-6-18(17)13-19/h3-8,13,16,20H,9-12,14-15H2,1-2H3,(H,24,28). The summed E-state index contributed by atoms with van der Waals surface area (Å²) in [4.78, 5) is 38.6. The van der Waals surface area contributed by atoms with Gasteiger partial charge in [0.05, 0.1) is 13.0 Å². The number of carbonyl (C=O) groups is 3. The lowest BCUT2D eigenvalue weighted by Crippen LogP contribution is -2.58. The number of ether oxygens (including phenoxy) is 2. The summed E-state index contributed by atoms with van der Waals surface area (Å²) < 4.78 is 10.9. The van der Waals surface area contributed by atoms with E-state index in [2.05, 4.69) is 5.32 Å². The molecule has 1 atom stereocenters. The van der Waals surface area contributed by atoms with Gasteiger partial charge in [0.15, 0.2) is 6.61 Å². The number of fused-ring (bicyclic) bond motifs is 1.